The fraction of sp³-hybridized carbons (Fsp3) is 0.333. The molecule has 0 aliphatic carbocycles. The van der Waals surface area contributed by atoms with Gasteiger partial charge in [0.25, 0.3) is 0 Å². The van der Waals surface area contributed by atoms with E-state index in [-0.39, 0.29) is 12.3 Å². The van der Waals surface area contributed by atoms with E-state index < -0.39 is 23.9 Å². The summed E-state index contributed by atoms with van der Waals surface area (Å²) >= 11 is 0. The first-order chi connectivity index (χ1) is 9.82. The van der Waals surface area contributed by atoms with Crippen LogP contribution in [-0.2, 0) is 20.9 Å². The molecule has 21 heavy (non-hydrogen) atoms. The van der Waals surface area contributed by atoms with Gasteiger partial charge in [0.2, 0.25) is 0 Å². The smallest absolute Gasteiger partial charge is 0.298 e. The molecule has 6 heteroatoms. The summed E-state index contributed by atoms with van der Waals surface area (Å²) in [4.78, 5) is 49.0. The van der Waals surface area contributed by atoms with Crippen LogP contribution < -0.4 is 0 Å². The lowest BCUT2D eigenvalue weighted by atomic mass is 10.1. The Labute approximate surface area is 122 Å². The molecule has 1 fully saturated rings. The van der Waals surface area contributed by atoms with Crippen molar-refractivity contribution in [3.8, 4) is 0 Å². The first-order valence-electron chi connectivity index (χ1n) is 6.58. The quantitative estimate of drug-likeness (QED) is 0.617. The van der Waals surface area contributed by atoms with Crippen molar-refractivity contribution >= 4 is 23.6 Å². The zero-order chi connectivity index (χ0) is 15.7. The molecule has 1 heterocycles. The van der Waals surface area contributed by atoms with Crippen molar-refractivity contribution in [1.82, 2.24) is 9.80 Å². The Balaban J connectivity index is 2.23. The van der Waals surface area contributed by atoms with Gasteiger partial charge in [0.05, 0.1) is 12.6 Å². The van der Waals surface area contributed by atoms with E-state index in [0.29, 0.717) is 0 Å². The fourth-order valence-electron chi connectivity index (χ4n) is 2.06. The molecule has 1 aliphatic rings. The van der Waals surface area contributed by atoms with Crippen molar-refractivity contribution in [1.29, 1.82) is 0 Å². The van der Waals surface area contributed by atoms with Crippen LogP contribution in [-0.4, -0.2) is 39.5 Å². The van der Waals surface area contributed by atoms with Crippen LogP contribution in [0.15, 0.2) is 24.3 Å². The molecule has 0 spiro atoms. The maximum atomic E-state index is 12.2. The Hall–Kier alpha value is -2.50. The SMILES string of the molecule is CC(=O)[C@@H](C)N1C(=O)C(=O)N(Cc2ccc(C)cc2)C1=O. The summed E-state index contributed by atoms with van der Waals surface area (Å²) in [5.41, 5.74) is 1.80. The molecular formula is C15H16N2O4. The molecule has 0 bridgehead atoms. The van der Waals surface area contributed by atoms with E-state index in [1.165, 1.54) is 13.8 Å². The maximum absolute atomic E-state index is 12.2. The van der Waals surface area contributed by atoms with Crippen molar-refractivity contribution in [2.75, 3.05) is 0 Å². The number of amides is 4. The number of aryl methyl sites for hydroxylation is 1. The minimum Gasteiger partial charge on any atom is -0.298 e. The largest absolute Gasteiger partial charge is 0.335 e. The lowest BCUT2D eigenvalue weighted by Crippen LogP contribution is -2.43. The summed E-state index contributed by atoms with van der Waals surface area (Å²) in [5.74, 6) is -2.19. The number of carbonyl (C=O) groups is 4. The summed E-state index contributed by atoms with van der Waals surface area (Å²) in [7, 11) is 0. The number of nitrogens with zero attached hydrogens (tertiary/aromatic N) is 2. The summed E-state index contributed by atoms with van der Waals surface area (Å²) < 4.78 is 0. The van der Waals surface area contributed by atoms with E-state index in [4.69, 9.17) is 0 Å². The second-order valence-corrected chi connectivity index (χ2v) is 5.12. The van der Waals surface area contributed by atoms with Gasteiger partial charge in [-0.2, -0.15) is 0 Å². The minimum absolute atomic E-state index is 0.0187. The Morgan fingerprint density at radius 1 is 1.10 bits per heavy atom. The van der Waals surface area contributed by atoms with E-state index in [9.17, 15) is 19.2 Å². The fourth-order valence-corrected chi connectivity index (χ4v) is 2.06. The van der Waals surface area contributed by atoms with E-state index in [1.807, 2.05) is 19.1 Å². The Bertz CT molecular complexity index is 621. The number of imide groups is 2. The lowest BCUT2D eigenvalue weighted by molar-refractivity contribution is -0.145. The molecule has 110 valence electrons. The van der Waals surface area contributed by atoms with Gasteiger partial charge in [-0.25, -0.2) is 9.69 Å². The van der Waals surface area contributed by atoms with Gasteiger partial charge >= 0.3 is 17.8 Å². The van der Waals surface area contributed by atoms with Gasteiger partial charge < -0.3 is 0 Å². The Morgan fingerprint density at radius 3 is 2.19 bits per heavy atom. The van der Waals surface area contributed by atoms with Crippen molar-refractivity contribution < 1.29 is 19.2 Å². The monoisotopic (exact) mass is 288 g/mol. The predicted molar refractivity (Wildman–Crippen MR) is 74.1 cm³/mol. The standard InChI is InChI=1S/C15H16N2O4/c1-9-4-6-12(7-5-9)8-16-13(19)14(20)17(15(16)21)10(2)11(3)18/h4-7,10H,8H2,1-3H3/t10-/m1/s1. The van der Waals surface area contributed by atoms with Crippen LogP contribution in [0.5, 0.6) is 0 Å². The van der Waals surface area contributed by atoms with Crippen LogP contribution in [0.25, 0.3) is 0 Å². The van der Waals surface area contributed by atoms with Crippen molar-refractivity contribution in [3.05, 3.63) is 35.4 Å². The summed E-state index contributed by atoms with van der Waals surface area (Å²) in [6.45, 7) is 4.65. The first kappa shape index (κ1) is 14.9. The number of Topliss-reactive ketones (excluding diaryl/α,β-unsaturated/α-hetero) is 1. The summed E-state index contributed by atoms with van der Waals surface area (Å²) in [6.07, 6.45) is 0. The predicted octanol–water partition coefficient (Wildman–Crippen LogP) is 1.26. The number of ketones is 1. The van der Waals surface area contributed by atoms with Crippen molar-refractivity contribution in [2.45, 2.75) is 33.4 Å². The molecule has 1 atom stereocenters. The molecule has 0 unspecified atom stereocenters. The van der Waals surface area contributed by atoms with E-state index in [2.05, 4.69) is 0 Å². The topological polar surface area (TPSA) is 74.8 Å². The molecule has 4 amide bonds. The zero-order valence-electron chi connectivity index (χ0n) is 12.1. The summed E-state index contributed by atoms with van der Waals surface area (Å²) in [6, 6.07) is 5.62. The molecule has 1 saturated heterocycles. The van der Waals surface area contributed by atoms with Gasteiger partial charge in [0.15, 0.2) is 5.78 Å². The molecular weight excluding hydrogens is 272 g/mol. The molecule has 1 aliphatic heterocycles. The number of hydrogen-bond donors (Lipinski definition) is 0. The Kier molecular flexibility index (Phi) is 3.88. The highest BCUT2D eigenvalue weighted by Gasteiger charge is 2.47. The van der Waals surface area contributed by atoms with Gasteiger partial charge in [-0.3, -0.25) is 19.3 Å². The first-order valence-corrected chi connectivity index (χ1v) is 6.58. The van der Waals surface area contributed by atoms with E-state index in [0.717, 1.165) is 20.9 Å². The maximum Gasteiger partial charge on any atom is 0.335 e. The lowest BCUT2D eigenvalue weighted by Gasteiger charge is -2.19. The average Bonchev–Trinajstić information content (AvgIpc) is 2.64. The number of benzene rings is 1. The number of hydrogen-bond acceptors (Lipinski definition) is 4. The van der Waals surface area contributed by atoms with Crippen LogP contribution in [0.3, 0.4) is 0 Å². The molecule has 0 aromatic heterocycles. The normalized spacial score (nSPS) is 16.6. The third kappa shape index (κ3) is 2.69. The van der Waals surface area contributed by atoms with Crippen LogP contribution >= 0.6 is 0 Å². The highest BCUT2D eigenvalue weighted by molar-refractivity contribution is 6.45. The summed E-state index contributed by atoms with van der Waals surface area (Å²) in [5, 5.41) is 0. The van der Waals surface area contributed by atoms with Crippen LogP contribution in [0, 0.1) is 6.92 Å². The highest BCUT2D eigenvalue weighted by Crippen LogP contribution is 2.19. The molecule has 1 aromatic rings. The second-order valence-electron chi connectivity index (χ2n) is 5.12. The van der Waals surface area contributed by atoms with Gasteiger partial charge in [-0.05, 0) is 26.3 Å². The third-order valence-electron chi connectivity index (χ3n) is 3.52. The van der Waals surface area contributed by atoms with E-state index >= 15 is 0 Å². The van der Waals surface area contributed by atoms with Crippen LogP contribution in [0.4, 0.5) is 4.79 Å². The number of urea groups is 1. The third-order valence-corrected chi connectivity index (χ3v) is 3.52. The van der Waals surface area contributed by atoms with Gasteiger partial charge in [0, 0.05) is 0 Å². The number of rotatable bonds is 4. The molecule has 0 saturated carbocycles. The molecule has 2 rings (SSSR count). The van der Waals surface area contributed by atoms with Crippen molar-refractivity contribution in [3.63, 3.8) is 0 Å². The average molecular weight is 288 g/mol. The van der Waals surface area contributed by atoms with Gasteiger partial charge in [-0.1, -0.05) is 29.8 Å². The van der Waals surface area contributed by atoms with Gasteiger partial charge in [0.1, 0.15) is 0 Å². The molecule has 6 nitrogen and oxygen atoms in total. The Morgan fingerprint density at radius 2 is 1.67 bits per heavy atom. The second kappa shape index (κ2) is 5.47. The molecule has 0 radical (unpaired) electrons. The van der Waals surface area contributed by atoms with Crippen LogP contribution in [0.1, 0.15) is 25.0 Å². The minimum atomic E-state index is -0.949. The molecule has 0 N–H and O–H groups in total. The number of carbonyl (C=O) groups excluding carboxylic acids is 4. The zero-order valence-corrected chi connectivity index (χ0v) is 12.1. The highest BCUT2D eigenvalue weighted by atomic mass is 16.2. The van der Waals surface area contributed by atoms with Gasteiger partial charge in [-0.15, -0.1) is 0 Å². The molecule has 1 aromatic carbocycles. The van der Waals surface area contributed by atoms with Crippen molar-refractivity contribution in [2.24, 2.45) is 0 Å². The van der Waals surface area contributed by atoms with E-state index in [1.54, 1.807) is 12.1 Å². The van der Waals surface area contributed by atoms with Crippen LogP contribution in [0.2, 0.25) is 0 Å².